The van der Waals surface area contributed by atoms with Gasteiger partial charge in [0.1, 0.15) is 5.82 Å². The van der Waals surface area contributed by atoms with Gasteiger partial charge in [-0.05, 0) is 40.2 Å². The average Bonchev–Trinajstić information content (AvgIpc) is 2.50. The van der Waals surface area contributed by atoms with Crippen LogP contribution in [0.4, 0.5) is 8.78 Å². The summed E-state index contributed by atoms with van der Waals surface area (Å²) in [7, 11) is 0. The number of hydrogen-bond acceptors (Lipinski definition) is 1. The number of halogens is 3. The van der Waals surface area contributed by atoms with Crippen LogP contribution in [0.5, 0.6) is 0 Å². The first-order valence-electron chi connectivity index (χ1n) is 3.83. The van der Waals surface area contributed by atoms with Crippen molar-refractivity contribution in [1.29, 1.82) is 0 Å². The summed E-state index contributed by atoms with van der Waals surface area (Å²) in [5, 5.41) is 3.79. The van der Waals surface area contributed by atoms with Crippen LogP contribution in [0, 0.1) is 11.8 Å². The lowest BCUT2D eigenvalue weighted by molar-refractivity contribution is 0.531. The van der Waals surface area contributed by atoms with Crippen molar-refractivity contribution in [3.63, 3.8) is 0 Å². The number of rotatable bonds is 1. The number of hydrogen-bond donors (Lipinski definition) is 0. The summed E-state index contributed by atoms with van der Waals surface area (Å²) in [5.74, 6) is -0.864. The van der Waals surface area contributed by atoms with Crippen molar-refractivity contribution >= 4 is 15.9 Å². The molecule has 0 fully saturated rings. The zero-order valence-corrected chi connectivity index (χ0v) is 8.50. The SMILES string of the molecule is Fc1ccc(-n2ncc(Br)c2F)cc1. The number of nitrogens with zero attached hydrogens (tertiary/aromatic N) is 2. The van der Waals surface area contributed by atoms with Gasteiger partial charge < -0.3 is 0 Å². The predicted molar refractivity (Wildman–Crippen MR) is 51.2 cm³/mol. The minimum absolute atomic E-state index is 0.279. The smallest absolute Gasteiger partial charge is 0.207 e. The molecule has 0 aliphatic heterocycles. The number of benzene rings is 1. The molecule has 0 saturated carbocycles. The van der Waals surface area contributed by atoms with Crippen LogP contribution in [0.2, 0.25) is 0 Å². The summed E-state index contributed by atoms with van der Waals surface area (Å²) in [6.07, 6.45) is 1.35. The molecule has 5 heteroatoms. The third-order valence-corrected chi connectivity index (χ3v) is 2.27. The van der Waals surface area contributed by atoms with E-state index in [2.05, 4.69) is 21.0 Å². The maximum atomic E-state index is 13.3. The van der Waals surface area contributed by atoms with Crippen LogP contribution in [0.3, 0.4) is 0 Å². The summed E-state index contributed by atoms with van der Waals surface area (Å²) in [6.45, 7) is 0. The van der Waals surface area contributed by atoms with Crippen molar-refractivity contribution in [2.75, 3.05) is 0 Å². The molecule has 14 heavy (non-hydrogen) atoms. The van der Waals surface area contributed by atoms with Crippen LogP contribution >= 0.6 is 15.9 Å². The molecule has 0 aliphatic rings. The molecule has 1 aromatic carbocycles. The maximum absolute atomic E-state index is 13.3. The zero-order chi connectivity index (χ0) is 10.1. The van der Waals surface area contributed by atoms with Gasteiger partial charge in [-0.2, -0.15) is 9.49 Å². The van der Waals surface area contributed by atoms with Crippen LogP contribution in [0.25, 0.3) is 5.69 Å². The van der Waals surface area contributed by atoms with Crippen molar-refractivity contribution in [2.45, 2.75) is 0 Å². The van der Waals surface area contributed by atoms with Crippen LogP contribution < -0.4 is 0 Å². The van der Waals surface area contributed by atoms with Gasteiger partial charge in [-0.1, -0.05) is 0 Å². The van der Waals surface area contributed by atoms with E-state index in [1.165, 1.54) is 30.5 Å². The van der Waals surface area contributed by atoms with Crippen molar-refractivity contribution < 1.29 is 8.78 Å². The van der Waals surface area contributed by atoms with Crippen LogP contribution in [-0.4, -0.2) is 9.78 Å². The van der Waals surface area contributed by atoms with E-state index in [0.29, 0.717) is 5.69 Å². The lowest BCUT2D eigenvalue weighted by Gasteiger charge is -2.00. The predicted octanol–water partition coefficient (Wildman–Crippen LogP) is 2.91. The van der Waals surface area contributed by atoms with Gasteiger partial charge in [0.15, 0.2) is 0 Å². The molecular formula is C9H5BrF2N2. The summed E-state index contributed by atoms with van der Waals surface area (Å²) < 4.78 is 27.2. The van der Waals surface area contributed by atoms with E-state index in [4.69, 9.17) is 0 Å². The molecule has 72 valence electrons. The van der Waals surface area contributed by atoms with E-state index in [9.17, 15) is 8.78 Å². The standard InChI is InChI=1S/C9H5BrF2N2/c10-8-5-13-14(9(8)12)7-3-1-6(11)2-4-7/h1-5H. The van der Waals surface area contributed by atoms with Gasteiger partial charge in [0, 0.05) is 0 Å². The Morgan fingerprint density at radius 2 is 1.79 bits per heavy atom. The highest BCUT2D eigenvalue weighted by molar-refractivity contribution is 9.10. The molecule has 0 atom stereocenters. The minimum atomic E-state index is -0.503. The molecule has 0 aliphatic carbocycles. The third-order valence-electron chi connectivity index (χ3n) is 1.74. The summed E-state index contributed by atoms with van der Waals surface area (Å²) >= 11 is 3.00. The largest absolute Gasteiger partial charge is 0.230 e. The molecule has 2 rings (SSSR count). The first-order valence-corrected chi connectivity index (χ1v) is 4.63. The van der Waals surface area contributed by atoms with Gasteiger partial charge in [0.25, 0.3) is 0 Å². The Labute approximate surface area is 87.3 Å². The van der Waals surface area contributed by atoms with Gasteiger partial charge in [0.2, 0.25) is 5.95 Å². The molecule has 0 N–H and O–H groups in total. The monoisotopic (exact) mass is 258 g/mol. The lowest BCUT2D eigenvalue weighted by atomic mass is 10.3. The highest BCUT2D eigenvalue weighted by Crippen LogP contribution is 2.17. The van der Waals surface area contributed by atoms with Gasteiger partial charge in [-0.3, -0.25) is 0 Å². The lowest BCUT2D eigenvalue weighted by Crippen LogP contribution is -1.99. The Balaban J connectivity index is 2.49. The van der Waals surface area contributed by atoms with E-state index >= 15 is 0 Å². The Bertz CT molecular complexity index is 450. The molecule has 0 saturated heterocycles. The Hall–Kier alpha value is -1.23. The maximum Gasteiger partial charge on any atom is 0.230 e. The molecule has 2 aromatic rings. The second-order valence-corrected chi connectivity index (χ2v) is 3.53. The quantitative estimate of drug-likeness (QED) is 0.769. The highest BCUT2D eigenvalue weighted by atomic mass is 79.9. The topological polar surface area (TPSA) is 17.8 Å². The van der Waals surface area contributed by atoms with Gasteiger partial charge in [-0.15, -0.1) is 0 Å². The second-order valence-electron chi connectivity index (χ2n) is 2.67. The van der Waals surface area contributed by atoms with Gasteiger partial charge >= 0.3 is 0 Å². The minimum Gasteiger partial charge on any atom is -0.207 e. The highest BCUT2D eigenvalue weighted by Gasteiger charge is 2.08. The van der Waals surface area contributed by atoms with Crippen molar-refractivity contribution in [3.05, 3.63) is 46.7 Å². The van der Waals surface area contributed by atoms with Crippen LogP contribution in [-0.2, 0) is 0 Å². The van der Waals surface area contributed by atoms with E-state index in [1.54, 1.807) is 0 Å². The normalized spacial score (nSPS) is 10.5. The molecule has 1 aromatic heterocycles. The first kappa shape index (κ1) is 9.33. The molecule has 0 unspecified atom stereocenters. The van der Waals surface area contributed by atoms with Crippen LogP contribution in [0.15, 0.2) is 34.9 Å². The molecule has 1 heterocycles. The van der Waals surface area contributed by atoms with E-state index in [1.807, 2.05) is 0 Å². The molecule has 0 spiro atoms. The molecule has 0 amide bonds. The van der Waals surface area contributed by atoms with E-state index in [-0.39, 0.29) is 10.3 Å². The van der Waals surface area contributed by atoms with Gasteiger partial charge in [0.05, 0.1) is 16.4 Å². The third kappa shape index (κ3) is 1.55. The molecular weight excluding hydrogens is 254 g/mol. The Kier molecular flexibility index (Phi) is 2.33. The number of aromatic nitrogens is 2. The van der Waals surface area contributed by atoms with E-state index < -0.39 is 5.95 Å². The Morgan fingerprint density at radius 3 is 2.29 bits per heavy atom. The Morgan fingerprint density at radius 1 is 1.14 bits per heavy atom. The molecule has 0 bridgehead atoms. The average molecular weight is 259 g/mol. The summed E-state index contributed by atoms with van der Waals surface area (Å²) in [5.41, 5.74) is 0.481. The van der Waals surface area contributed by atoms with Crippen LogP contribution in [0.1, 0.15) is 0 Å². The summed E-state index contributed by atoms with van der Waals surface area (Å²) in [6, 6.07) is 5.42. The first-order chi connectivity index (χ1) is 6.68. The fourth-order valence-corrected chi connectivity index (χ4v) is 1.34. The second kappa shape index (κ2) is 3.49. The summed E-state index contributed by atoms with van der Waals surface area (Å²) in [4.78, 5) is 0. The zero-order valence-electron chi connectivity index (χ0n) is 6.92. The fraction of sp³-hybridized carbons (Fsp3) is 0. The van der Waals surface area contributed by atoms with E-state index in [0.717, 1.165) is 4.68 Å². The van der Waals surface area contributed by atoms with Gasteiger partial charge in [-0.25, -0.2) is 9.07 Å². The van der Waals surface area contributed by atoms with Crippen molar-refractivity contribution in [1.82, 2.24) is 9.78 Å². The van der Waals surface area contributed by atoms with Crippen molar-refractivity contribution in [3.8, 4) is 5.69 Å². The fourth-order valence-electron chi connectivity index (χ4n) is 1.08. The van der Waals surface area contributed by atoms with Crippen molar-refractivity contribution in [2.24, 2.45) is 0 Å². The molecule has 2 nitrogen and oxygen atoms in total. The molecule has 0 radical (unpaired) electrons.